The predicted molar refractivity (Wildman–Crippen MR) is 190 cm³/mol. The molecule has 5 rings (SSSR count). The number of anilines is 2. The molecule has 0 unspecified atom stereocenters. The van der Waals surface area contributed by atoms with Crippen molar-refractivity contribution in [1.82, 2.24) is 0 Å². The summed E-state index contributed by atoms with van der Waals surface area (Å²) in [5.74, 6) is 1.90. The molecular weight excluding hydrogens is 556 g/mol. The molecular formula is C39H64N4O2+2. The van der Waals surface area contributed by atoms with Crippen molar-refractivity contribution >= 4 is 11.4 Å². The van der Waals surface area contributed by atoms with Crippen LogP contribution in [0.3, 0.4) is 0 Å². The van der Waals surface area contributed by atoms with Crippen LogP contribution in [0.15, 0.2) is 24.3 Å². The van der Waals surface area contributed by atoms with Crippen LogP contribution in [-0.2, 0) is 22.6 Å². The minimum Gasteiger partial charge on any atom is -0.370 e. The Kier molecular flexibility index (Phi) is 10.6. The molecule has 3 heterocycles. The van der Waals surface area contributed by atoms with Crippen molar-refractivity contribution in [2.45, 2.75) is 92.2 Å². The summed E-state index contributed by atoms with van der Waals surface area (Å²) >= 11 is 0. The van der Waals surface area contributed by atoms with Crippen LogP contribution in [0.5, 0.6) is 0 Å². The number of rotatable bonds is 10. The number of quaternary nitrogens is 2. The lowest BCUT2D eigenvalue weighted by Crippen LogP contribution is -2.51. The van der Waals surface area contributed by atoms with Crippen LogP contribution >= 0.6 is 0 Å². The van der Waals surface area contributed by atoms with E-state index in [0.717, 1.165) is 94.4 Å². The molecule has 0 N–H and O–H groups in total. The standard InChI is InChI=1S/C39H64N4O2/c1-28(2)34-21-32(25-42(9)13-17-44-18-14-42)22-35(29(3)4)38(34)40-11-12-41(27-40)39-36(30(5)6)23-33(24-37(39)31(7)8)26-43(10)15-19-45-20-16-43/h21-24,28-31H,11-20,25-27H2,1-10H3/q+2. The van der Waals surface area contributed by atoms with E-state index in [2.05, 4.69) is 104 Å². The van der Waals surface area contributed by atoms with Gasteiger partial charge in [0.2, 0.25) is 0 Å². The maximum Gasteiger partial charge on any atom is 0.104 e. The molecule has 6 nitrogen and oxygen atoms in total. The van der Waals surface area contributed by atoms with Crippen LogP contribution in [0, 0.1) is 0 Å². The van der Waals surface area contributed by atoms with Crippen molar-refractivity contribution in [2.75, 3.05) is 96.3 Å². The molecule has 0 aromatic heterocycles. The van der Waals surface area contributed by atoms with E-state index in [4.69, 9.17) is 9.47 Å². The Bertz CT molecular complexity index is 1150. The Labute approximate surface area is 275 Å². The number of likely N-dealkylation sites (N-methyl/N-ethyl adjacent to an activating group) is 2. The van der Waals surface area contributed by atoms with Crippen LogP contribution in [-0.4, -0.2) is 95.4 Å². The third-order valence-electron chi connectivity index (χ3n) is 10.8. The smallest absolute Gasteiger partial charge is 0.104 e. The molecule has 0 atom stereocenters. The maximum absolute atomic E-state index is 5.72. The zero-order valence-corrected chi connectivity index (χ0v) is 30.4. The molecule has 3 aliphatic heterocycles. The van der Waals surface area contributed by atoms with Gasteiger partial charge in [-0.2, -0.15) is 0 Å². The first-order chi connectivity index (χ1) is 21.3. The van der Waals surface area contributed by atoms with Gasteiger partial charge in [-0.1, -0.05) is 55.4 Å². The molecule has 3 saturated heterocycles. The van der Waals surface area contributed by atoms with E-state index in [1.165, 1.54) is 44.8 Å². The first kappa shape index (κ1) is 34.2. The summed E-state index contributed by atoms with van der Waals surface area (Å²) in [5.41, 5.74) is 12.0. The summed E-state index contributed by atoms with van der Waals surface area (Å²) in [5, 5.41) is 0. The molecule has 0 spiro atoms. The number of hydrogen-bond acceptors (Lipinski definition) is 4. The zero-order valence-electron chi connectivity index (χ0n) is 30.4. The van der Waals surface area contributed by atoms with Crippen LogP contribution in [0.1, 0.15) is 112 Å². The lowest BCUT2D eigenvalue weighted by Gasteiger charge is -2.38. The second-order valence-corrected chi connectivity index (χ2v) is 16.2. The number of benzene rings is 2. The van der Waals surface area contributed by atoms with E-state index in [0.29, 0.717) is 23.7 Å². The molecule has 0 radical (unpaired) electrons. The molecule has 3 aliphatic rings. The number of nitrogens with zero attached hydrogens (tertiary/aromatic N) is 4. The average Bonchev–Trinajstić information content (AvgIpc) is 3.46. The Morgan fingerprint density at radius 2 is 0.822 bits per heavy atom. The highest BCUT2D eigenvalue weighted by molar-refractivity contribution is 5.69. The Morgan fingerprint density at radius 1 is 0.533 bits per heavy atom. The van der Waals surface area contributed by atoms with Gasteiger partial charge in [-0.15, -0.1) is 0 Å². The molecule has 6 heteroatoms. The van der Waals surface area contributed by atoms with Gasteiger partial charge in [-0.3, -0.25) is 0 Å². The first-order valence-corrected chi connectivity index (χ1v) is 17.9. The number of hydrogen-bond donors (Lipinski definition) is 0. The fourth-order valence-electron chi connectivity index (χ4n) is 7.88. The minimum absolute atomic E-state index is 0.475. The number of morpholine rings is 2. The second-order valence-electron chi connectivity index (χ2n) is 16.2. The van der Waals surface area contributed by atoms with Crippen molar-refractivity contribution in [3.8, 4) is 0 Å². The SMILES string of the molecule is CC(C)c1cc(C[N+]2(C)CCOCC2)cc(C(C)C)c1N1CCN(c2c(C(C)C)cc(C[N+]3(C)CCOCC3)cc2C(C)C)C1. The Balaban J connectivity index is 1.49. The fraction of sp³-hybridized carbons (Fsp3) is 0.692. The van der Waals surface area contributed by atoms with Gasteiger partial charge in [-0.05, 0) is 70.2 Å². The lowest BCUT2D eigenvalue weighted by molar-refractivity contribution is -0.929. The van der Waals surface area contributed by atoms with Gasteiger partial charge in [-0.25, -0.2) is 0 Å². The van der Waals surface area contributed by atoms with Gasteiger partial charge >= 0.3 is 0 Å². The highest BCUT2D eigenvalue weighted by atomic mass is 16.5. The first-order valence-electron chi connectivity index (χ1n) is 17.9. The Hall–Kier alpha value is -2.12. The highest BCUT2D eigenvalue weighted by Crippen LogP contribution is 2.42. The van der Waals surface area contributed by atoms with E-state index >= 15 is 0 Å². The van der Waals surface area contributed by atoms with E-state index in [9.17, 15) is 0 Å². The predicted octanol–water partition coefficient (Wildman–Crippen LogP) is 7.42. The normalized spacial score (nSPS) is 20.3. The minimum atomic E-state index is 0.475. The topological polar surface area (TPSA) is 24.9 Å². The van der Waals surface area contributed by atoms with Crippen molar-refractivity contribution in [1.29, 1.82) is 0 Å². The third kappa shape index (κ3) is 7.72. The quantitative estimate of drug-likeness (QED) is 0.258. The molecule has 45 heavy (non-hydrogen) atoms. The van der Waals surface area contributed by atoms with Gasteiger partial charge in [0.25, 0.3) is 0 Å². The average molecular weight is 621 g/mol. The summed E-state index contributed by atoms with van der Waals surface area (Å²) in [7, 11) is 4.82. The van der Waals surface area contributed by atoms with Crippen LogP contribution in [0.2, 0.25) is 0 Å². The van der Waals surface area contributed by atoms with Gasteiger partial charge < -0.3 is 28.2 Å². The fourth-order valence-corrected chi connectivity index (χ4v) is 7.88. The van der Waals surface area contributed by atoms with Crippen molar-refractivity contribution in [3.05, 3.63) is 57.6 Å². The maximum atomic E-state index is 5.72. The van der Waals surface area contributed by atoms with E-state index in [1.807, 2.05) is 0 Å². The van der Waals surface area contributed by atoms with Crippen LogP contribution < -0.4 is 9.80 Å². The van der Waals surface area contributed by atoms with E-state index in [-0.39, 0.29) is 0 Å². The summed E-state index contributed by atoms with van der Waals surface area (Å²) in [6.07, 6.45) is 0. The van der Waals surface area contributed by atoms with Gasteiger partial charge in [0, 0.05) is 35.6 Å². The molecule has 250 valence electrons. The van der Waals surface area contributed by atoms with E-state index < -0.39 is 0 Å². The van der Waals surface area contributed by atoms with Gasteiger partial charge in [0.15, 0.2) is 0 Å². The third-order valence-corrected chi connectivity index (χ3v) is 10.8. The molecule has 2 aromatic rings. The van der Waals surface area contributed by atoms with Crippen molar-refractivity contribution in [2.24, 2.45) is 0 Å². The molecule has 0 amide bonds. The summed E-state index contributed by atoms with van der Waals surface area (Å²) in [4.78, 5) is 5.42. The second kappa shape index (κ2) is 13.9. The van der Waals surface area contributed by atoms with E-state index in [1.54, 1.807) is 0 Å². The highest BCUT2D eigenvalue weighted by Gasteiger charge is 2.33. The van der Waals surface area contributed by atoms with Crippen molar-refractivity contribution < 1.29 is 18.4 Å². The van der Waals surface area contributed by atoms with Crippen LogP contribution in [0.4, 0.5) is 11.4 Å². The largest absolute Gasteiger partial charge is 0.370 e. The van der Waals surface area contributed by atoms with Gasteiger partial charge in [0.05, 0.1) is 47.2 Å². The number of ether oxygens (including phenoxy) is 2. The molecule has 0 saturated carbocycles. The molecule has 0 bridgehead atoms. The zero-order chi connectivity index (χ0) is 32.5. The van der Waals surface area contributed by atoms with Crippen LogP contribution in [0.25, 0.3) is 0 Å². The summed E-state index contributed by atoms with van der Waals surface area (Å²) in [6.45, 7) is 32.2. The molecule has 2 aromatic carbocycles. The lowest BCUT2D eigenvalue weighted by atomic mass is 9.89. The Morgan fingerprint density at radius 3 is 1.09 bits per heavy atom. The molecule has 0 aliphatic carbocycles. The molecule has 3 fully saturated rings. The van der Waals surface area contributed by atoms with Gasteiger partial charge in [0.1, 0.15) is 39.3 Å². The van der Waals surface area contributed by atoms with Crippen molar-refractivity contribution in [3.63, 3.8) is 0 Å². The summed E-state index contributed by atoms with van der Waals surface area (Å²) in [6, 6.07) is 10.2. The monoisotopic (exact) mass is 621 g/mol. The summed E-state index contributed by atoms with van der Waals surface area (Å²) < 4.78 is 13.6.